The van der Waals surface area contributed by atoms with Crippen molar-refractivity contribution in [1.29, 1.82) is 0 Å². The van der Waals surface area contributed by atoms with Gasteiger partial charge in [0.15, 0.2) is 0 Å². The topological polar surface area (TPSA) is 54.3 Å². The minimum absolute atomic E-state index is 0.0488. The van der Waals surface area contributed by atoms with Crippen LogP contribution in [0.3, 0.4) is 0 Å². The molecule has 1 atom stereocenters. The molecule has 4 nitrogen and oxygen atoms in total. The fourth-order valence-electron chi connectivity index (χ4n) is 2.45. The van der Waals surface area contributed by atoms with E-state index < -0.39 is 0 Å². The van der Waals surface area contributed by atoms with Crippen LogP contribution in [0.2, 0.25) is 0 Å². The van der Waals surface area contributed by atoms with E-state index >= 15 is 0 Å². The quantitative estimate of drug-likeness (QED) is 0.909. The summed E-state index contributed by atoms with van der Waals surface area (Å²) in [6, 6.07) is 3.69. The number of nitrogens with zero attached hydrogens (tertiary/aromatic N) is 1. The normalized spacial score (nSPS) is 15.5. The van der Waals surface area contributed by atoms with Crippen molar-refractivity contribution in [1.82, 2.24) is 9.88 Å². The number of thioether (sulfide) groups is 1. The third-order valence-electron chi connectivity index (χ3n) is 3.52. The molecule has 6 heteroatoms. The number of aromatic nitrogens is 1. The van der Waals surface area contributed by atoms with Crippen LogP contribution in [0, 0.1) is 0 Å². The molecule has 1 aliphatic rings. The Hall–Kier alpha value is -1.24. The summed E-state index contributed by atoms with van der Waals surface area (Å²) in [4.78, 5) is 13.9. The molecular weight excluding hydrogens is 304 g/mol. The van der Waals surface area contributed by atoms with Gasteiger partial charge in [0.2, 0.25) is 0 Å². The van der Waals surface area contributed by atoms with Crippen LogP contribution >= 0.6 is 23.1 Å². The number of hydrogen-bond donors (Lipinski definition) is 2. The first-order valence-corrected chi connectivity index (χ1v) is 8.95. The zero-order valence-corrected chi connectivity index (χ0v) is 13.5. The van der Waals surface area contributed by atoms with Gasteiger partial charge >= 0.3 is 0 Å². The van der Waals surface area contributed by atoms with Crippen LogP contribution in [0.5, 0.6) is 0 Å². The third-order valence-corrected chi connectivity index (χ3v) is 5.93. The highest BCUT2D eigenvalue weighted by atomic mass is 32.2. The number of aliphatic hydroxyl groups is 1. The number of thiophene rings is 1. The van der Waals surface area contributed by atoms with Crippen LogP contribution in [-0.2, 0) is 12.2 Å². The monoisotopic (exact) mass is 322 g/mol. The van der Waals surface area contributed by atoms with Gasteiger partial charge in [-0.1, -0.05) is 0 Å². The van der Waals surface area contributed by atoms with Crippen molar-refractivity contribution in [3.63, 3.8) is 0 Å². The Morgan fingerprint density at radius 2 is 2.24 bits per heavy atom. The fourth-order valence-corrected chi connectivity index (χ4v) is 4.89. The summed E-state index contributed by atoms with van der Waals surface area (Å²) >= 11 is 3.62. The molecule has 3 heterocycles. The molecule has 2 N–H and O–H groups in total. The predicted octanol–water partition coefficient (Wildman–Crippen LogP) is 2.44. The molecule has 0 aliphatic carbocycles. The number of amides is 1. The van der Waals surface area contributed by atoms with Crippen molar-refractivity contribution in [2.75, 3.05) is 12.4 Å². The molecule has 0 radical (unpaired) electrons. The zero-order chi connectivity index (χ0) is 14.8. The molecule has 21 heavy (non-hydrogen) atoms. The van der Waals surface area contributed by atoms with Gasteiger partial charge in [0.25, 0.3) is 5.91 Å². The second kappa shape index (κ2) is 6.25. The molecule has 1 unspecified atom stereocenters. The summed E-state index contributed by atoms with van der Waals surface area (Å²) in [7, 11) is 0. The highest BCUT2D eigenvalue weighted by Crippen LogP contribution is 2.38. The van der Waals surface area contributed by atoms with Gasteiger partial charge in [-0.2, -0.15) is 11.8 Å². The standard InChI is InChI=1S/C15H18N2O2S2/c1-10(8-18)16-14(19)13-11-4-7-20-9-12(11)21-15(13)17-5-2-3-6-17/h2-3,5-6,10,18H,4,7-9H2,1H3,(H,16,19). The summed E-state index contributed by atoms with van der Waals surface area (Å²) < 4.78 is 2.01. The minimum atomic E-state index is -0.233. The van der Waals surface area contributed by atoms with E-state index in [-0.39, 0.29) is 18.6 Å². The van der Waals surface area contributed by atoms with E-state index in [1.54, 1.807) is 11.3 Å². The van der Waals surface area contributed by atoms with Crippen molar-refractivity contribution < 1.29 is 9.90 Å². The van der Waals surface area contributed by atoms with Crippen LogP contribution < -0.4 is 5.32 Å². The van der Waals surface area contributed by atoms with Crippen LogP contribution in [0.1, 0.15) is 27.7 Å². The molecule has 2 aromatic heterocycles. The number of carbonyl (C=O) groups excluding carboxylic acids is 1. The van der Waals surface area contributed by atoms with E-state index in [1.165, 1.54) is 10.4 Å². The van der Waals surface area contributed by atoms with Gasteiger partial charge in [0.05, 0.1) is 12.2 Å². The number of carbonyl (C=O) groups is 1. The second-order valence-electron chi connectivity index (χ2n) is 5.13. The highest BCUT2D eigenvalue weighted by molar-refractivity contribution is 7.98. The van der Waals surface area contributed by atoms with Crippen LogP contribution in [-0.4, -0.2) is 34.0 Å². The van der Waals surface area contributed by atoms with Gasteiger partial charge in [-0.15, -0.1) is 11.3 Å². The van der Waals surface area contributed by atoms with E-state index in [9.17, 15) is 4.79 Å². The summed E-state index contributed by atoms with van der Waals surface area (Å²) in [5.74, 6) is 1.96. The Balaban J connectivity index is 2.04. The molecule has 0 saturated heterocycles. The van der Waals surface area contributed by atoms with Crippen molar-refractivity contribution in [3.8, 4) is 5.00 Å². The first-order valence-electron chi connectivity index (χ1n) is 6.98. The Morgan fingerprint density at radius 3 is 2.95 bits per heavy atom. The predicted molar refractivity (Wildman–Crippen MR) is 87.5 cm³/mol. The smallest absolute Gasteiger partial charge is 0.254 e. The Morgan fingerprint density at radius 1 is 1.48 bits per heavy atom. The maximum absolute atomic E-state index is 12.6. The largest absolute Gasteiger partial charge is 0.394 e. The molecule has 2 aromatic rings. The number of nitrogens with one attached hydrogen (secondary N) is 1. The molecule has 1 aliphatic heterocycles. The second-order valence-corrected chi connectivity index (χ2v) is 7.32. The molecule has 0 bridgehead atoms. The summed E-state index contributed by atoms with van der Waals surface area (Å²) in [5, 5.41) is 13.0. The average molecular weight is 322 g/mol. The minimum Gasteiger partial charge on any atom is -0.394 e. The van der Waals surface area contributed by atoms with E-state index in [1.807, 2.05) is 47.8 Å². The Labute approximate surface area is 132 Å². The van der Waals surface area contributed by atoms with Gasteiger partial charge in [-0.3, -0.25) is 4.79 Å². The first-order chi connectivity index (χ1) is 10.2. The number of rotatable bonds is 4. The van der Waals surface area contributed by atoms with Crippen LogP contribution in [0.4, 0.5) is 0 Å². The molecular formula is C15H18N2O2S2. The van der Waals surface area contributed by atoms with Crippen molar-refractivity contribution in [3.05, 3.63) is 40.5 Å². The zero-order valence-electron chi connectivity index (χ0n) is 11.8. The number of fused-ring (bicyclic) bond motifs is 1. The molecule has 0 fully saturated rings. The molecule has 0 saturated carbocycles. The fraction of sp³-hybridized carbons (Fsp3) is 0.400. The highest BCUT2D eigenvalue weighted by Gasteiger charge is 2.26. The Kier molecular flexibility index (Phi) is 4.37. The van der Waals surface area contributed by atoms with E-state index in [0.717, 1.165) is 28.5 Å². The SMILES string of the molecule is CC(CO)NC(=O)c1c(-n2cccc2)sc2c1CCSC2. The summed E-state index contributed by atoms with van der Waals surface area (Å²) in [6.07, 6.45) is 4.88. The van der Waals surface area contributed by atoms with Gasteiger partial charge in [-0.25, -0.2) is 0 Å². The van der Waals surface area contributed by atoms with Crippen molar-refractivity contribution >= 4 is 29.0 Å². The maximum Gasteiger partial charge on any atom is 0.254 e. The number of hydrogen-bond acceptors (Lipinski definition) is 4. The lowest BCUT2D eigenvalue weighted by atomic mass is 10.1. The molecule has 112 valence electrons. The van der Waals surface area contributed by atoms with Gasteiger partial charge in [0.1, 0.15) is 5.00 Å². The van der Waals surface area contributed by atoms with E-state index in [2.05, 4.69) is 5.32 Å². The van der Waals surface area contributed by atoms with Crippen LogP contribution in [0.15, 0.2) is 24.5 Å². The molecule has 0 spiro atoms. The lowest BCUT2D eigenvalue weighted by Crippen LogP contribution is -2.35. The molecule has 1 amide bonds. The van der Waals surface area contributed by atoms with E-state index in [0.29, 0.717) is 0 Å². The van der Waals surface area contributed by atoms with E-state index in [4.69, 9.17) is 5.11 Å². The summed E-state index contributed by atoms with van der Waals surface area (Å²) in [5.41, 5.74) is 1.97. The van der Waals surface area contributed by atoms with Crippen molar-refractivity contribution in [2.45, 2.75) is 25.1 Å². The lowest BCUT2D eigenvalue weighted by molar-refractivity contribution is 0.0922. The van der Waals surface area contributed by atoms with Crippen LogP contribution in [0.25, 0.3) is 5.00 Å². The van der Waals surface area contributed by atoms with Gasteiger partial charge < -0.3 is 15.0 Å². The molecule has 0 aromatic carbocycles. The third kappa shape index (κ3) is 2.88. The Bertz CT molecular complexity index is 634. The number of aliphatic hydroxyl groups excluding tert-OH is 1. The van der Waals surface area contributed by atoms with Gasteiger partial charge in [-0.05, 0) is 36.8 Å². The lowest BCUT2D eigenvalue weighted by Gasteiger charge is -2.15. The first kappa shape index (κ1) is 14.7. The van der Waals surface area contributed by atoms with Gasteiger partial charge in [0, 0.05) is 29.1 Å². The maximum atomic E-state index is 12.6. The average Bonchev–Trinajstić information content (AvgIpc) is 3.13. The molecule has 3 rings (SSSR count). The van der Waals surface area contributed by atoms with Crippen molar-refractivity contribution in [2.24, 2.45) is 0 Å². The summed E-state index contributed by atoms with van der Waals surface area (Å²) in [6.45, 7) is 1.76.